The Hall–Kier alpha value is -1.87. The molecule has 2 aromatic rings. The standard InChI is InChI=1S/C13H10ClNO2/c1-9-12(3-2-6-15-9)17-13-5-4-11(14)7-10(13)8-16/h2-8H,1H3. The van der Waals surface area contributed by atoms with Crippen molar-refractivity contribution in [1.82, 2.24) is 4.98 Å². The number of rotatable bonds is 3. The second kappa shape index (κ2) is 4.97. The first-order chi connectivity index (χ1) is 8.20. The zero-order valence-electron chi connectivity index (χ0n) is 9.18. The van der Waals surface area contributed by atoms with Crippen molar-refractivity contribution in [3.05, 3.63) is 52.8 Å². The third-order valence-electron chi connectivity index (χ3n) is 2.28. The summed E-state index contributed by atoms with van der Waals surface area (Å²) in [7, 11) is 0. The van der Waals surface area contributed by atoms with Gasteiger partial charge in [0.25, 0.3) is 0 Å². The fraction of sp³-hybridized carbons (Fsp3) is 0.0769. The molecule has 0 atom stereocenters. The molecular weight excluding hydrogens is 238 g/mol. The molecule has 0 aliphatic rings. The summed E-state index contributed by atoms with van der Waals surface area (Å²) in [5.74, 6) is 1.10. The molecule has 1 aromatic carbocycles. The summed E-state index contributed by atoms with van der Waals surface area (Å²) in [6, 6.07) is 8.48. The van der Waals surface area contributed by atoms with Gasteiger partial charge in [0.05, 0.1) is 11.3 Å². The third kappa shape index (κ3) is 2.63. The van der Waals surface area contributed by atoms with Crippen LogP contribution >= 0.6 is 11.6 Å². The van der Waals surface area contributed by atoms with Gasteiger partial charge in [-0.3, -0.25) is 9.78 Å². The molecule has 0 fully saturated rings. The van der Waals surface area contributed by atoms with E-state index in [4.69, 9.17) is 16.3 Å². The first kappa shape index (κ1) is 11.6. The topological polar surface area (TPSA) is 39.2 Å². The maximum Gasteiger partial charge on any atom is 0.153 e. The van der Waals surface area contributed by atoms with E-state index in [1.54, 1.807) is 36.5 Å². The number of halogens is 1. The zero-order valence-corrected chi connectivity index (χ0v) is 9.94. The van der Waals surface area contributed by atoms with Gasteiger partial charge in [-0.05, 0) is 37.3 Å². The van der Waals surface area contributed by atoms with Crippen LogP contribution in [0.25, 0.3) is 0 Å². The third-order valence-corrected chi connectivity index (χ3v) is 2.51. The molecule has 17 heavy (non-hydrogen) atoms. The van der Waals surface area contributed by atoms with Crippen LogP contribution in [-0.2, 0) is 0 Å². The minimum atomic E-state index is 0.417. The van der Waals surface area contributed by atoms with Gasteiger partial charge < -0.3 is 4.74 Å². The second-order valence-electron chi connectivity index (χ2n) is 3.49. The molecule has 0 radical (unpaired) electrons. The quantitative estimate of drug-likeness (QED) is 0.777. The molecule has 3 nitrogen and oxygen atoms in total. The Kier molecular flexibility index (Phi) is 3.40. The lowest BCUT2D eigenvalue weighted by Crippen LogP contribution is -1.93. The van der Waals surface area contributed by atoms with Crippen LogP contribution in [0.2, 0.25) is 5.02 Å². The van der Waals surface area contributed by atoms with E-state index >= 15 is 0 Å². The molecule has 0 aliphatic heterocycles. The molecule has 0 N–H and O–H groups in total. The molecular formula is C13H10ClNO2. The van der Waals surface area contributed by atoms with Crippen LogP contribution in [0.15, 0.2) is 36.5 Å². The monoisotopic (exact) mass is 247 g/mol. The lowest BCUT2D eigenvalue weighted by Gasteiger charge is -2.09. The number of ether oxygens (including phenoxy) is 1. The van der Waals surface area contributed by atoms with E-state index in [0.717, 1.165) is 5.69 Å². The number of aldehydes is 1. The Morgan fingerprint density at radius 2 is 2.12 bits per heavy atom. The molecule has 0 bridgehead atoms. The lowest BCUT2D eigenvalue weighted by molar-refractivity contribution is 0.112. The number of aryl methyl sites for hydroxylation is 1. The van der Waals surface area contributed by atoms with E-state index in [-0.39, 0.29) is 0 Å². The summed E-state index contributed by atoms with van der Waals surface area (Å²) in [6.07, 6.45) is 2.40. The summed E-state index contributed by atoms with van der Waals surface area (Å²) in [5.41, 5.74) is 1.18. The van der Waals surface area contributed by atoms with Crippen molar-refractivity contribution in [3.63, 3.8) is 0 Å². The minimum Gasteiger partial charge on any atom is -0.455 e. The van der Waals surface area contributed by atoms with E-state index < -0.39 is 0 Å². The van der Waals surface area contributed by atoms with Crippen LogP contribution < -0.4 is 4.74 Å². The van der Waals surface area contributed by atoms with Crippen LogP contribution in [0.3, 0.4) is 0 Å². The number of pyridine rings is 1. The van der Waals surface area contributed by atoms with Crippen LogP contribution in [0.1, 0.15) is 16.1 Å². The normalized spacial score (nSPS) is 10.0. The maximum atomic E-state index is 10.9. The van der Waals surface area contributed by atoms with Crippen molar-refractivity contribution < 1.29 is 9.53 Å². The summed E-state index contributed by atoms with van der Waals surface area (Å²) >= 11 is 5.80. The Bertz CT molecular complexity index is 555. The van der Waals surface area contributed by atoms with Crippen molar-refractivity contribution in [2.75, 3.05) is 0 Å². The van der Waals surface area contributed by atoms with E-state index in [2.05, 4.69) is 4.98 Å². The molecule has 0 saturated heterocycles. The largest absolute Gasteiger partial charge is 0.455 e. The van der Waals surface area contributed by atoms with Gasteiger partial charge in [-0.2, -0.15) is 0 Å². The number of benzene rings is 1. The highest BCUT2D eigenvalue weighted by atomic mass is 35.5. The van der Waals surface area contributed by atoms with Crippen LogP contribution in [0.4, 0.5) is 0 Å². The van der Waals surface area contributed by atoms with Crippen molar-refractivity contribution in [2.45, 2.75) is 6.92 Å². The number of hydrogen-bond acceptors (Lipinski definition) is 3. The Morgan fingerprint density at radius 3 is 2.82 bits per heavy atom. The van der Waals surface area contributed by atoms with Gasteiger partial charge in [0.1, 0.15) is 11.5 Å². The predicted molar refractivity (Wildman–Crippen MR) is 65.9 cm³/mol. The van der Waals surface area contributed by atoms with Gasteiger partial charge in [0.15, 0.2) is 6.29 Å². The van der Waals surface area contributed by atoms with Gasteiger partial charge in [-0.1, -0.05) is 11.6 Å². The van der Waals surface area contributed by atoms with E-state index in [9.17, 15) is 4.79 Å². The molecule has 2 rings (SSSR count). The molecule has 0 amide bonds. The zero-order chi connectivity index (χ0) is 12.3. The van der Waals surface area contributed by atoms with Crippen molar-refractivity contribution in [1.29, 1.82) is 0 Å². The lowest BCUT2D eigenvalue weighted by atomic mass is 10.2. The number of carbonyl (C=O) groups is 1. The smallest absolute Gasteiger partial charge is 0.153 e. The molecule has 86 valence electrons. The highest BCUT2D eigenvalue weighted by molar-refractivity contribution is 6.30. The minimum absolute atomic E-state index is 0.417. The maximum absolute atomic E-state index is 10.9. The van der Waals surface area contributed by atoms with Crippen molar-refractivity contribution in [2.24, 2.45) is 0 Å². The molecule has 0 aliphatic carbocycles. The number of hydrogen-bond donors (Lipinski definition) is 0. The molecule has 0 unspecified atom stereocenters. The van der Waals surface area contributed by atoms with Crippen LogP contribution in [0.5, 0.6) is 11.5 Å². The van der Waals surface area contributed by atoms with Gasteiger partial charge >= 0.3 is 0 Å². The second-order valence-corrected chi connectivity index (χ2v) is 3.93. The fourth-order valence-electron chi connectivity index (χ4n) is 1.40. The van der Waals surface area contributed by atoms with Crippen LogP contribution in [-0.4, -0.2) is 11.3 Å². The molecule has 1 aromatic heterocycles. The molecule has 0 saturated carbocycles. The molecule has 4 heteroatoms. The van der Waals surface area contributed by atoms with Gasteiger partial charge in [-0.15, -0.1) is 0 Å². The number of carbonyl (C=O) groups excluding carboxylic acids is 1. The van der Waals surface area contributed by atoms with Gasteiger partial charge in [-0.25, -0.2) is 0 Å². The number of nitrogens with zero attached hydrogens (tertiary/aromatic N) is 1. The first-order valence-electron chi connectivity index (χ1n) is 5.05. The average molecular weight is 248 g/mol. The van der Waals surface area contributed by atoms with E-state index in [0.29, 0.717) is 28.4 Å². The predicted octanol–water partition coefficient (Wildman–Crippen LogP) is 3.65. The Labute approximate surface area is 104 Å². The summed E-state index contributed by atoms with van der Waals surface area (Å²) < 4.78 is 5.63. The highest BCUT2D eigenvalue weighted by Gasteiger charge is 2.07. The Balaban J connectivity index is 2.36. The summed E-state index contributed by atoms with van der Waals surface area (Å²) in [5, 5.41) is 0.502. The first-order valence-corrected chi connectivity index (χ1v) is 5.42. The molecule has 1 heterocycles. The summed E-state index contributed by atoms with van der Waals surface area (Å²) in [6.45, 7) is 1.84. The van der Waals surface area contributed by atoms with Gasteiger partial charge in [0, 0.05) is 11.2 Å². The average Bonchev–Trinajstić information content (AvgIpc) is 2.34. The van der Waals surface area contributed by atoms with E-state index in [1.807, 2.05) is 6.92 Å². The van der Waals surface area contributed by atoms with Crippen molar-refractivity contribution in [3.8, 4) is 11.5 Å². The molecule has 0 spiro atoms. The van der Waals surface area contributed by atoms with E-state index in [1.165, 1.54) is 0 Å². The van der Waals surface area contributed by atoms with Crippen LogP contribution in [0, 0.1) is 6.92 Å². The van der Waals surface area contributed by atoms with Crippen molar-refractivity contribution >= 4 is 17.9 Å². The SMILES string of the molecule is Cc1ncccc1Oc1ccc(Cl)cc1C=O. The highest BCUT2D eigenvalue weighted by Crippen LogP contribution is 2.27. The number of aromatic nitrogens is 1. The van der Waals surface area contributed by atoms with Gasteiger partial charge in [0.2, 0.25) is 0 Å². The fourth-order valence-corrected chi connectivity index (χ4v) is 1.58. The Morgan fingerprint density at radius 1 is 1.29 bits per heavy atom. The summed E-state index contributed by atoms with van der Waals surface area (Å²) in [4.78, 5) is 15.0.